The van der Waals surface area contributed by atoms with E-state index in [1.807, 2.05) is 56.0 Å². The Morgan fingerprint density at radius 2 is 1.76 bits per heavy atom. The van der Waals surface area contributed by atoms with E-state index in [1.165, 1.54) is 7.11 Å². The number of ether oxygens (including phenoxy) is 2. The number of hydrogen-bond acceptors (Lipinski definition) is 7. The molecule has 0 aliphatic carbocycles. The SMILES string of the molecule is COc1cc(C(=O)N(C)c2ccc(C)cc2OCCCCCC(=O)N2CCN(C)CC2)ccc1NC(=O)c1cccc2[nH]c(C(C)C)nc12. The van der Waals surface area contributed by atoms with Crippen molar-refractivity contribution in [3.8, 4) is 11.5 Å². The highest BCUT2D eigenvalue weighted by Crippen LogP contribution is 2.32. The highest BCUT2D eigenvalue weighted by atomic mass is 16.5. The molecule has 0 atom stereocenters. The zero-order valence-corrected chi connectivity index (χ0v) is 29.5. The molecule has 0 saturated carbocycles. The largest absolute Gasteiger partial charge is 0.495 e. The van der Waals surface area contributed by atoms with Crippen LogP contribution in [0.25, 0.3) is 11.0 Å². The van der Waals surface area contributed by atoms with Crippen LogP contribution in [0.4, 0.5) is 11.4 Å². The lowest BCUT2D eigenvalue weighted by atomic mass is 10.1. The number of aromatic nitrogens is 2. The van der Waals surface area contributed by atoms with E-state index >= 15 is 0 Å². The van der Waals surface area contributed by atoms with Gasteiger partial charge in [-0.2, -0.15) is 0 Å². The molecule has 11 heteroatoms. The molecule has 11 nitrogen and oxygen atoms in total. The quantitative estimate of drug-likeness (QED) is 0.162. The summed E-state index contributed by atoms with van der Waals surface area (Å²) in [5, 5.41) is 2.93. The van der Waals surface area contributed by atoms with E-state index in [-0.39, 0.29) is 23.6 Å². The van der Waals surface area contributed by atoms with Gasteiger partial charge in [0.2, 0.25) is 5.91 Å². The maximum atomic E-state index is 13.7. The molecule has 1 aliphatic heterocycles. The molecule has 0 spiro atoms. The molecule has 1 aliphatic rings. The number of nitrogens with zero attached hydrogens (tertiary/aromatic N) is 4. The highest BCUT2D eigenvalue weighted by Gasteiger charge is 2.22. The standard InChI is InChI=1S/C38H48N6O5/c1-25(2)36-39-30-12-10-11-28(35(30)41-36)37(46)40-29-16-15-27(24-32(29)48-6)38(47)43(5)31-17-14-26(3)23-33(31)49-22-9-7-8-13-34(45)44-20-18-42(4)19-21-44/h10-12,14-17,23-25H,7-9,13,18-22H2,1-6H3,(H,39,41)(H,40,46). The van der Waals surface area contributed by atoms with Crippen LogP contribution >= 0.6 is 0 Å². The number of carbonyl (C=O) groups excluding carboxylic acids is 3. The molecular formula is C38H48N6O5. The highest BCUT2D eigenvalue weighted by molar-refractivity contribution is 6.12. The predicted molar refractivity (Wildman–Crippen MR) is 193 cm³/mol. The normalized spacial score (nSPS) is 13.5. The average molecular weight is 669 g/mol. The number of H-pyrrole nitrogens is 1. The number of rotatable bonds is 13. The second-order valence-corrected chi connectivity index (χ2v) is 13.0. The lowest BCUT2D eigenvalue weighted by molar-refractivity contribution is -0.132. The van der Waals surface area contributed by atoms with E-state index in [0.29, 0.717) is 52.5 Å². The number of aryl methyl sites for hydroxylation is 1. The van der Waals surface area contributed by atoms with Gasteiger partial charge in [-0.25, -0.2) is 4.98 Å². The van der Waals surface area contributed by atoms with Crippen LogP contribution in [0.2, 0.25) is 0 Å². The van der Waals surface area contributed by atoms with Gasteiger partial charge in [0.15, 0.2) is 0 Å². The summed E-state index contributed by atoms with van der Waals surface area (Å²) in [6.45, 7) is 10.0. The van der Waals surface area contributed by atoms with Crippen LogP contribution in [0.5, 0.6) is 11.5 Å². The van der Waals surface area contributed by atoms with Crippen molar-refractivity contribution >= 4 is 40.1 Å². The van der Waals surface area contributed by atoms with Crippen molar-refractivity contribution in [1.82, 2.24) is 19.8 Å². The Labute approximate surface area is 288 Å². The molecule has 1 aromatic heterocycles. The fraction of sp³-hybridized carbons (Fsp3) is 0.421. The first-order valence-electron chi connectivity index (χ1n) is 17.0. The van der Waals surface area contributed by atoms with Crippen molar-refractivity contribution in [2.45, 2.75) is 52.4 Å². The Bertz CT molecular complexity index is 1790. The monoisotopic (exact) mass is 668 g/mol. The van der Waals surface area contributed by atoms with Crippen LogP contribution in [0.15, 0.2) is 54.6 Å². The number of anilines is 2. The van der Waals surface area contributed by atoms with E-state index in [9.17, 15) is 14.4 Å². The number of piperazine rings is 1. The van der Waals surface area contributed by atoms with Crippen LogP contribution in [0.1, 0.15) is 77.6 Å². The molecule has 3 aromatic carbocycles. The van der Waals surface area contributed by atoms with Crippen LogP contribution in [-0.2, 0) is 4.79 Å². The van der Waals surface area contributed by atoms with Gasteiger partial charge in [-0.15, -0.1) is 0 Å². The molecular weight excluding hydrogens is 620 g/mol. The first-order chi connectivity index (χ1) is 23.5. The number of benzene rings is 3. The number of carbonyl (C=O) groups is 3. The Hall–Kier alpha value is -4.90. The lowest BCUT2D eigenvalue weighted by Crippen LogP contribution is -2.47. The van der Waals surface area contributed by atoms with Gasteiger partial charge in [-0.05, 0) is 81.3 Å². The van der Waals surface area contributed by atoms with Gasteiger partial charge >= 0.3 is 0 Å². The molecule has 49 heavy (non-hydrogen) atoms. The molecule has 5 rings (SSSR count). The van der Waals surface area contributed by atoms with Gasteiger partial charge in [-0.3, -0.25) is 14.4 Å². The number of nitrogens with one attached hydrogen (secondary N) is 2. The summed E-state index contributed by atoms with van der Waals surface area (Å²) < 4.78 is 11.8. The zero-order valence-electron chi connectivity index (χ0n) is 29.5. The maximum absolute atomic E-state index is 13.7. The molecule has 0 unspecified atom stereocenters. The summed E-state index contributed by atoms with van der Waals surface area (Å²) in [6.07, 6.45) is 3.07. The summed E-state index contributed by atoms with van der Waals surface area (Å²) >= 11 is 0. The van der Waals surface area contributed by atoms with Gasteiger partial charge < -0.3 is 34.5 Å². The summed E-state index contributed by atoms with van der Waals surface area (Å²) in [5.74, 6) is 1.62. The Morgan fingerprint density at radius 1 is 0.980 bits per heavy atom. The van der Waals surface area contributed by atoms with Crippen molar-refractivity contribution < 1.29 is 23.9 Å². The summed E-state index contributed by atoms with van der Waals surface area (Å²) in [4.78, 5) is 53.3. The summed E-state index contributed by atoms with van der Waals surface area (Å²) in [6, 6.07) is 16.2. The molecule has 2 N–H and O–H groups in total. The smallest absolute Gasteiger partial charge is 0.258 e. The van der Waals surface area contributed by atoms with Crippen molar-refractivity contribution in [1.29, 1.82) is 0 Å². The fourth-order valence-electron chi connectivity index (χ4n) is 5.89. The third-order valence-corrected chi connectivity index (χ3v) is 8.95. The Kier molecular flexibility index (Phi) is 11.6. The van der Waals surface area contributed by atoms with Crippen molar-refractivity contribution in [3.05, 3.63) is 77.1 Å². The molecule has 2 heterocycles. The second-order valence-electron chi connectivity index (χ2n) is 13.0. The van der Waals surface area contributed by atoms with Gasteiger partial charge in [0, 0.05) is 51.1 Å². The number of amides is 3. The fourth-order valence-corrected chi connectivity index (χ4v) is 5.89. The number of para-hydroxylation sites is 1. The minimum absolute atomic E-state index is 0.189. The number of fused-ring (bicyclic) bond motifs is 1. The third kappa shape index (κ3) is 8.58. The number of likely N-dealkylation sites (N-methyl/N-ethyl adjacent to an activating group) is 1. The zero-order chi connectivity index (χ0) is 35.1. The molecule has 1 saturated heterocycles. The van der Waals surface area contributed by atoms with E-state index in [1.54, 1.807) is 36.2 Å². The van der Waals surface area contributed by atoms with E-state index < -0.39 is 0 Å². The molecule has 0 bridgehead atoms. The number of hydrogen-bond donors (Lipinski definition) is 2. The number of aromatic amines is 1. The Balaban J connectivity index is 1.20. The van der Waals surface area contributed by atoms with Crippen LogP contribution in [0, 0.1) is 6.92 Å². The van der Waals surface area contributed by atoms with Gasteiger partial charge in [0.25, 0.3) is 11.8 Å². The van der Waals surface area contributed by atoms with Crippen molar-refractivity contribution in [2.75, 3.05) is 64.2 Å². The number of imidazole rings is 1. The minimum Gasteiger partial charge on any atom is -0.495 e. The second kappa shape index (κ2) is 16.0. The molecule has 4 aromatic rings. The first kappa shape index (κ1) is 35.4. The van der Waals surface area contributed by atoms with Crippen LogP contribution in [-0.4, -0.2) is 91.5 Å². The molecule has 3 amide bonds. The summed E-state index contributed by atoms with van der Waals surface area (Å²) in [5.41, 5.74) is 4.32. The molecule has 260 valence electrons. The van der Waals surface area contributed by atoms with Gasteiger partial charge in [0.05, 0.1) is 36.2 Å². The topological polar surface area (TPSA) is 120 Å². The van der Waals surface area contributed by atoms with Gasteiger partial charge in [-0.1, -0.05) is 26.0 Å². The van der Waals surface area contributed by atoms with E-state index in [4.69, 9.17) is 9.47 Å². The van der Waals surface area contributed by atoms with E-state index in [0.717, 1.165) is 62.3 Å². The summed E-state index contributed by atoms with van der Waals surface area (Å²) in [7, 11) is 5.29. The number of methoxy groups -OCH3 is 1. The van der Waals surface area contributed by atoms with Crippen LogP contribution < -0.4 is 19.7 Å². The van der Waals surface area contributed by atoms with Gasteiger partial charge in [0.1, 0.15) is 22.8 Å². The van der Waals surface area contributed by atoms with Crippen molar-refractivity contribution in [3.63, 3.8) is 0 Å². The third-order valence-electron chi connectivity index (χ3n) is 8.95. The Morgan fingerprint density at radius 3 is 2.49 bits per heavy atom. The predicted octanol–water partition coefficient (Wildman–Crippen LogP) is 6.25. The van der Waals surface area contributed by atoms with E-state index in [2.05, 4.69) is 27.2 Å². The molecule has 0 radical (unpaired) electrons. The van der Waals surface area contributed by atoms with Crippen LogP contribution in [0.3, 0.4) is 0 Å². The average Bonchev–Trinajstić information content (AvgIpc) is 3.55. The lowest BCUT2D eigenvalue weighted by Gasteiger charge is -2.32. The van der Waals surface area contributed by atoms with Crippen molar-refractivity contribution in [2.24, 2.45) is 0 Å². The molecule has 1 fully saturated rings. The number of unbranched alkanes of at least 4 members (excludes halogenated alkanes) is 2. The first-order valence-corrected chi connectivity index (χ1v) is 17.0. The maximum Gasteiger partial charge on any atom is 0.258 e. The minimum atomic E-state index is -0.329.